The molecule has 9 heteroatoms. The van der Waals surface area contributed by atoms with E-state index in [1.165, 1.54) is 16.4 Å². The molecule has 7 nitrogen and oxygen atoms in total. The molecule has 1 aromatic carbocycles. The van der Waals surface area contributed by atoms with Crippen molar-refractivity contribution in [2.24, 2.45) is 5.92 Å². The van der Waals surface area contributed by atoms with Gasteiger partial charge in [-0.25, -0.2) is 8.42 Å². The predicted molar refractivity (Wildman–Crippen MR) is 114 cm³/mol. The van der Waals surface area contributed by atoms with Crippen LogP contribution in [0.15, 0.2) is 29.2 Å². The Morgan fingerprint density at radius 1 is 1.29 bits per heavy atom. The van der Waals surface area contributed by atoms with Crippen molar-refractivity contribution in [3.63, 3.8) is 0 Å². The van der Waals surface area contributed by atoms with E-state index in [-0.39, 0.29) is 16.5 Å². The molecule has 1 saturated heterocycles. The molecule has 1 atom stereocenters. The number of piperidine rings is 1. The van der Waals surface area contributed by atoms with Crippen molar-refractivity contribution < 1.29 is 13.2 Å². The van der Waals surface area contributed by atoms with Crippen molar-refractivity contribution in [1.29, 1.82) is 0 Å². The number of amides is 1. The van der Waals surface area contributed by atoms with Crippen molar-refractivity contribution in [1.82, 2.24) is 20.5 Å². The van der Waals surface area contributed by atoms with Crippen LogP contribution in [0.2, 0.25) is 0 Å². The quantitative estimate of drug-likeness (QED) is 0.478. The average molecular weight is 427 g/mol. The van der Waals surface area contributed by atoms with Crippen molar-refractivity contribution in [2.75, 3.05) is 13.1 Å². The summed E-state index contributed by atoms with van der Waals surface area (Å²) >= 11 is 5.12. The number of carbonyl (C=O) groups is 1. The van der Waals surface area contributed by atoms with Crippen LogP contribution in [0, 0.1) is 5.92 Å². The molecular weight excluding hydrogens is 396 g/mol. The van der Waals surface area contributed by atoms with Crippen LogP contribution in [-0.2, 0) is 10.0 Å². The SMILES string of the molecule is CC(C)CCNC(=S)NNC(=O)c1cccc(S(=O)(=O)N2CCCC[C@@H]2C)c1. The van der Waals surface area contributed by atoms with E-state index in [9.17, 15) is 13.2 Å². The Labute approximate surface area is 173 Å². The maximum atomic E-state index is 13.0. The third-order valence-electron chi connectivity index (χ3n) is 4.74. The number of sulfonamides is 1. The minimum Gasteiger partial charge on any atom is -0.361 e. The van der Waals surface area contributed by atoms with Gasteiger partial charge in [-0.15, -0.1) is 0 Å². The van der Waals surface area contributed by atoms with Gasteiger partial charge < -0.3 is 5.32 Å². The van der Waals surface area contributed by atoms with Crippen LogP contribution >= 0.6 is 12.2 Å². The lowest BCUT2D eigenvalue weighted by molar-refractivity contribution is 0.0943. The molecule has 3 N–H and O–H groups in total. The fraction of sp³-hybridized carbons (Fsp3) is 0.579. The summed E-state index contributed by atoms with van der Waals surface area (Å²) < 4.78 is 27.4. The van der Waals surface area contributed by atoms with Gasteiger partial charge in [-0.3, -0.25) is 15.6 Å². The molecule has 1 heterocycles. The van der Waals surface area contributed by atoms with Crippen LogP contribution in [0.5, 0.6) is 0 Å². The third-order valence-corrected chi connectivity index (χ3v) is 7.00. The van der Waals surface area contributed by atoms with Gasteiger partial charge in [-0.2, -0.15) is 4.31 Å². The van der Waals surface area contributed by atoms with E-state index in [4.69, 9.17) is 12.2 Å². The third kappa shape index (κ3) is 6.15. The number of hydrogen-bond donors (Lipinski definition) is 3. The van der Waals surface area contributed by atoms with Gasteiger partial charge in [-0.05, 0) is 62.5 Å². The first-order valence-electron chi connectivity index (χ1n) is 9.68. The maximum absolute atomic E-state index is 13.0. The van der Waals surface area contributed by atoms with Crippen LogP contribution in [0.3, 0.4) is 0 Å². The molecule has 0 bridgehead atoms. The second-order valence-corrected chi connectivity index (χ2v) is 9.80. The highest BCUT2D eigenvalue weighted by Gasteiger charge is 2.31. The largest absolute Gasteiger partial charge is 0.361 e. The van der Waals surface area contributed by atoms with E-state index in [0.717, 1.165) is 25.7 Å². The van der Waals surface area contributed by atoms with Crippen LogP contribution < -0.4 is 16.2 Å². The highest BCUT2D eigenvalue weighted by Crippen LogP contribution is 2.25. The molecule has 2 rings (SSSR count). The van der Waals surface area contributed by atoms with Gasteiger partial charge in [0.15, 0.2) is 5.11 Å². The number of rotatable bonds is 6. The maximum Gasteiger partial charge on any atom is 0.269 e. The van der Waals surface area contributed by atoms with Gasteiger partial charge >= 0.3 is 0 Å². The second-order valence-electron chi connectivity index (χ2n) is 7.51. The molecule has 0 aromatic heterocycles. The predicted octanol–water partition coefficient (Wildman–Crippen LogP) is 2.40. The lowest BCUT2D eigenvalue weighted by atomic mass is 10.1. The molecule has 1 aliphatic rings. The number of benzene rings is 1. The molecule has 1 fully saturated rings. The zero-order valence-corrected chi connectivity index (χ0v) is 18.3. The van der Waals surface area contributed by atoms with Gasteiger partial charge in [0.2, 0.25) is 10.0 Å². The first kappa shape index (κ1) is 22.6. The summed E-state index contributed by atoms with van der Waals surface area (Å²) in [7, 11) is -3.62. The lowest BCUT2D eigenvalue weighted by Gasteiger charge is -2.32. The second kappa shape index (κ2) is 10.2. The Morgan fingerprint density at radius 2 is 2.04 bits per heavy atom. The number of nitrogens with one attached hydrogen (secondary N) is 3. The number of hydrazine groups is 1. The Bertz CT molecular complexity index is 796. The normalized spacial score (nSPS) is 17.9. The molecule has 0 saturated carbocycles. The molecule has 1 amide bonds. The number of hydrogen-bond acceptors (Lipinski definition) is 4. The average Bonchev–Trinajstić information content (AvgIpc) is 2.66. The molecule has 0 aliphatic carbocycles. The fourth-order valence-corrected chi connectivity index (χ4v) is 4.97. The summed E-state index contributed by atoms with van der Waals surface area (Å²) in [5.74, 6) is 0.106. The standard InChI is InChI=1S/C19H30N4O3S2/c1-14(2)10-11-20-19(27)22-21-18(24)16-8-6-9-17(13-16)28(25,26)23-12-5-4-7-15(23)3/h6,8-9,13-15H,4-5,7,10-12H2,1-3H3,(H,21,24)(H2,20,22,27)/t15-/m0/s1. The summed E-state index contributed by atoms with van der Waals surface area (Å²) in [6, 6.07) is 6.05. The Morgan fingerprint density at radius 3 is 2.71 bits per heavy atom. The molecule has 156 valence electrons. The lowest BCUT2D eigenvalue weighted by Crippen LogP contribution is -2.47. The van der Waals surface area contributed by atoms with E-state index in [1.807, 2.05) is 6.92 Å². The van der Waals surface area contributed by atoms with E-state index in [0.29, 0.717) is 24.1 Å². The molecule has 0 radical (unpaired) electrons. The molecule has 0 spiro atoms. The summed E-state index contributed by atoms with van der Waals surface area (Å²) in [6.07, 6.45) is 3.70. The first-order valence-corrected chi connectivity index (χ1v) is 11.5. The van der Waals surface area contributed by atoms with Gasteiger partial charge in [-0.1, -0.05) is 26.3 Å². The molecule has 1 aliphatic heterocycles. The first-order chi connectivity index (χ1) is 13.2. The number of thiocarbonyl (C=S) groups is 1. The van der Waals surface area contributed by atoms with Crippen LogP contribution in [0.25, 0.3) is 0 Å². The Hall–Kier alpha value is -1.71. The van der Waals surface area contributed by atoms with Gasteiger partial charge in [0.1, 0.15) is 0 Å². The van der Waals surface area contributed by atoms with Crippen LogP contribution in [0.1, 0.15) is 56.8 Å². The van der Waals surface area contributed by atoms with Gasteiger partial charge in [0, 0.05) is 24.7 Å². The molecule has 1 aromatic rings. The van der Waals surface area contributed by atoms with E-state index >= 15 is 0 Å². The van der Waals surface area contributed by atoms with Crippen molar-refractivity contribution >= 4 is 33.3 Å². The van der Waals surface area contributed by atoms with Crippen molar-refractivity contribution in [3.05, 3.63) is 29.8 Å². The summed E-state index contributed by atoms with van der Waals surface area (Å²) in [4.78, 5) is 12.5. The Kier molecular flexibility index (Phi) is 8.21. The van der Waals surface area contributed by atoms with E-state index in [2.05, 4.69) is 30.0 Å². The van der Waals surface area contributed by atoms with Crippen LogP contribution in [-0.4, -0.2) is 42.9 Å². The van der Waals surface area contributed by atoms with E-state index in [1.54, 1.807) is 12.1 Å². The summed E-state index contributed by atoms with van der Waals surface area (Å²) in [5, 5.41) is 3.33. The smallest absolute Gasteiger partial charge is 0.269 e. The molecule has 28 heavy (non-hydrogen) atoms. The van der Waals surface area contributed by atoms with Crippen LogP contribution in [0.4, 0.5) is 0 Å². The zero-order chi connectivity index (χ0) is 20.7. The Balaban J connectivity index is 2.00. The zero-order valence-electron chi connectivity index (χ0n) is 16.7. The molecule has 0 unspecified atom stereocenters. The summed E-state index contributed by atoms with van der Waals surface area (Å²) in [5.41, 5.74) is 5.40. The molecular formula is C19H30N4O3S2. The fourth-order valence-electron chi connectivity index (χ4n) is 3.07. The van der Waals surface area contributed by atoms with Gasteiger partial charge in [0.25, 0.3) is 5.91 Å². The van der Waals surface area contributed by atoms with E-state index < -0.39 is 15.9 Å². The minimum absolute atomic E-state index is 0.0350. The topological polar surface area (TPSA) is 90.5 Å². The number of carbonyl (C=O) groups excluding carboxylic acids is 1. The van der Waals surface area contributed by atoms with Crippen molar-refractivity contribution in [3.8, 4) is 0 Å². The summed E-state index contributed by atoms with van der Waals surface area (Å²) in [6.45, 7) is 7.38. The monoisotopic (exact) mass is 426 g/mol. The highest BCUT2D eigenvalue weighted by atomic mass is 32.2. The van der Waals surface area contributed by atoms with Gasteiger partial charge in [0.05, 0.1) is 4.90 Å². The highest BCUT2D eigenvalue weighted by molar-refractivity contribution is 7.89. The van der Waals surface area contributed by atoms with Crippen molar-refractivity contribution in [2.45, 2.75) is 57.4 Å². The minimum atomic E-state index is -3.62. The number of nitrogens with zero attached hydrogens (tertiary/aromatic N) is 1.